The van der Waals surface area contributed by atoms with Crippen molar-refractivity contribution in [2.75, 3.05) is 38.7 Å². The molecule has 0 unspecified atom stereocenters. The number of nitrogens with zero attached hydrogens (tertiary/aromatic N) is 4. The van der Waals surface area contributed by atoms with Gasteiger partial charge in [0.1, 0.15) is 5.82 Å². The summed E-state index contributed by atoms with van der Waals surface area (Å²) >= 11 is 0. The summed E-state index contributed by atoms with van der Waals surface area (Å²) in [6, 6.07) is 12.5. The number of carbonyl (C=O) groups excluding carboxylic acids is 2. The zero-order valence-electron chi connectivity index (χ0n) is 20.5. The molecular formula is C26H31N7O3. The number of pyridine rings is 1. The minimum absolute atomic E-state index is 0.131. The van der Waals surface area contributed by atoms with Crippen LogP contribution in [0.15, 0.2) is 48.8 Å². The zero-order chi connectivity index (χ0) is 25.1. The standard InChI is InChI=1S/C26H31N7O3/c1-17-9-12-32(15-18-6-4-3-5-7-18)16-21(17)33-22-19-8-10-27-23(19)29-14-20(22)24(31-33)30-26(35)25(34)28-11-13-36-2/h3-8,10,14,17,21,31H,9,11-13,15-16H2,1-2H3,(H,28,34)(H,30,35)/t17-,21+/m1/s1. The minimum atomic E-state index is -0.746. The average molecular weight is 490 g/mol. The van der Waals surface area contributed by atoms with Crippen LogP contribution < -0.4 is 10.6 Å². The molecule has 0 spiro atoms. The lowest BCUT2D eigenvalue weighted by atomic mass is 9.93. The van der Waals surface area contributed by atoms with Crippen molar-refractivity contribution in [2.24, 2.45) is 5.92 Å². The highest BCUT2D eigenvalue weighted by Gasteiger charge is 2.31. The van der Waals surface area contributed by atoms with Crippen LogP contribution >= 0.6 is 0 Å². The van der Waals surface area contributed by atoms with E-state index in [1.54, 1.807) is 12.4 Å². The molecule has 1 aliphatic heterocycles. The molecule has 1 saturated heterocycles. The maximum atomic E-state index is 12.6. The Labute approximate surface area is 209 Å². The van der Waals surface area contributed by atoms with Crippen molar-refractivity contribution in [1.82, 2.24) is 30.0 Å². The molecule has 4 aromatic rings. The topological polar surface area (TPSA) is 117 Å². The summed E-state index contributed by atoms with van der Waals surface area (Å²) in [5.74, 6) is -0.620. The van der Waals surface area contributed by atoms with Gasteiger partial charge in [0.25, 0.3) is 0 Å². The third-order valence-electron chi connectivity index (χ3n) is 6.87. The van der Waals surface area contributed by atoms with Crippen molar-refractivity contribution in [3.05, 3.63) is 54.4 Å². The smallest absolute Gasteiger partial charge is 0.314 e. The molecule has 10 nitrogen and oxygen atoms in total. The number of aromatic nitrogens is 4. The molecule has 3 aromatic heterocycles. The second kappa shape index (κ2) is 10.5. The van der Waals surface area contributed by atoms with Gasteiger partial charge in [-0.05, 0) is 30.5 Å². The normalized spacial score (nSPS) is 18.5. The Morgan fingerprint density at radius 2 is 1.97 bits per heavy atom. The first-order chi connectivity index (χ1) is 17.5. The first-order valence-electron chi connectivity index (χ1n) is 12.2. The first kappa shape index (κ1) is 24.0. The number of carbonyl (C=O) groups is 2. The van der Waals surface area contributed by atoms with Crippen LogP contribution in [0, 0.1) is 5.92 Å². The SMILES string of the molecule is COCCNC(=O)C(=O)Nc1[nH]n([C@H]2CN(Cc3ccccc3)CC[C@H]2C)c2c1cnc1nccc12. The number of piperidine rings is 1. The van der Waals surface area contributed by atoms with E-state index in [1.165, 1.54) is 12.7 Å². The van der Waals surface area contributed by atoms with Crippen LogP contribution in [-0.4, -0.2) is 69.8 Å². The van der Waals surface area contributed by atoms with E-state index in [1.807, 2.05) is 12.1 Å². The Bertz CT molecular complexity index is 1360. The van der Waals surface area contributed by atoms with Crippen LogP contribution in [0.5, 0.6) is 0 Å². The van der Waals surface area contributed by atoms with Gasteiger partial charge in [0.2, 0.25) is 0 Å². The summed E-state index contributed by atoms with van der Waals surface area (Å²) in [6.45, 7) is 5.59. The van der Waals surface area contributed by atoms with Crippen molar-refractivity contribution in [3.8, 4) is 0 Å². The van der Waals surface area contributed by atoms with E-state index in [-0.39, 0.29) is 12.6 Å². The molecule has 0 bridgehead atoms. The highest BCUT2D eigenvalue weighted by atomic mass is 16.5. The Morgan fingerprint density at radius 3 is 2.78 bits per heavy atom. The van der Waals surface area contributed by atoms with Crippen molar-refractivity contribution in [1.29, 1.82) is 0 Å². The predicted molar refractivity (Wildman–Crippen MR) is 137 cm³/mol. The number of benzene rings is 1. The molecule has 0 aliphatic carbocycles. The fourth-order valence-corrected chi connectivity index (χ4v) is 4.92. The number of fused-ring (bicyclic) bond motifs is 3. The molecule has 1 aromatic carbocycles. The average Bonchev–Trinajstić information content (AvgIpc) is 3.50. The van der Waals surface area contributed by atoms with Crippen LogP contribution in [-0.2, 0) is 20.9 Å². The number of hydrogen-bond acceptors (Lipinski definition) is 6. The Hall–Kier alpha value is -3.76. The third-order valence-corrected chi connectivity index (χ3v) is 6.87. The van der Waals surface area contributed by atoms with E-state index in [0.717, 1.165) is 42.3 Å². The van der Waals surface area contributed by atoms with Crippen molar-refractivity contribution in [3.63, 3.8) is 0 Å². The van der Waals surface area contributed by atoms with E-state index in [0.29, 0.717) is 24.0 Å². The summed E-state index contributed by atoms with van der Waals surface area (Å²) in [7, 11) is 1.54. The molecule has 1 fully saturated rings. The fourth-order valence-electron chi connectivity index (χ4n) is 4.92. The number of rotatable bonds is 7. The number of nitrogens with one attached hydrogen (secondary N) is 3. The summed E-state index contributed by atoms with van der Waals surface area (Å²) in [5.41, 5.74) is 2.85. The lowest BCUT2D eigenvalue weighted by Crippen LogP contribution is -2.40. The molecule has 3 N–H and O–H groups in total. The Kier molecular flexibility index (Phi) is 6.97. The van der Waals surface area contributed by atoms with Gasteiger partial charge in [0.05, 0.1) is 23.6 Å². The highest BCUT2D eigenvalue weighted by molar-refractivity contribution is 6.40. The van der Waals surface area contributed by atoms with Crippen LogP contribution in [0.1, 0.15) is 24.9 Å². The summed E-state index contributed by atoms with van der Waals surface area (Å²) in [6.07, 6.45) is 4.48. The number of likely N-dealkylation sites (tertiary alicyclic amines) is 1. The fraction of sp³-hybridized carbons (Fsp3) is 0.385. The van der Waals surface area contributed by atoms with Gasteiger partial charge < -0.3 is 15.4 Å². The number of aromatic amines is 1. The Morgan fingerprint density at radius 1 is 1.14 bits per heavy atom. The van der Waals surface area contributed by atoms with Crippen molar-refractivity contribution < 1.29 is 14.3 Å². The van der Waals surface area contributed by atoms with Crippen LogP contribution in [0.3, 0.4) is 0 Å². The Balaban J connectivity index is 1.47. The van der Waals surface area contributed by atoms with Gasteiger partial charge in [0.15, 0.2) is 5.65 Å². The van der Waals surface area contributed by atoms with Crippen LogP contribution in [0.25, 0.3) is 21.9 Å². The molecule has 1 aliphatic rings. The molecule has 4 heterocycles. The molecule has 36 heavy (non-hydrogen) atoms. The van der Waals surface area contributed by atoms with Gasteiger partial charge in [-0.2, -0.15) is 0 Å². The van der Waals surface area contributed by atoms with Gasteiger partial charge in [-0.25, -0.2) is 9.97 Å². The quantitative estimate of drug-likeness (QED) is 0.271. The molecule has 5 rings (SSSR count). The lowest BCUT2D eigenvalue weighted by Gasteiger charge is -2.38. The van der Waals surface area contributed by atoms with Crippen molar-refractivity contribution in [2.45, 2.75) is 25.9 Å². The van der Waals surface area contributed by atoms with Gasteiger partial charge in [-0.15, -0.1) is 0 Å². The molecule has 0 radical (unpaired) electrons. The van der Waals surface area contributed by atoms with E-state index in [4.69, 9.17) is 4.74 Å². The number of amides is 2. The molecule has 2 atom stereocenters. The monoisotopic (exact) mass is 489 g/mol. The van der Waals surface area contributed by atoms with E-state index >= 15 is 0 Å². The van der Waals surface area contributed by atoms with Crippen LogP contribution in [0.2, 0.25) is 0 Å². The minimum Gasteiger partial charge on any atom is -0.383 e. The van der Waals surface area contributed by atoms with E-state index < -0.39 is 11.8 Å². The van der Waals surface area contributed by atoms with Gasteiger partial charge >= 0.3 is 11.8 Å². The summed E-state index contributed by atoms with van der Waals surface area (Å²) in [4.78, 5) is 36.2. The molecule has 2 amide bonds. The second-order valence-electron chi connectivity index (χ2n) is 9.32. The van der Waals surface area contributed by atoms with Gasteiger partial charge in [-0.1, -0.05) is 37.3 Å². The highest BCUT2D eigenvalue weighted by Crippen LogP contribution is 2.36. The largest absolute Gasteiger partial charge is 0.383 e. The number of anilines is 1. The molecule has 0 saturated carbocycles. The van der Waals surface area contributed by atoms with Gasteiger partial charge in [-0.3, -0.25) is 24.3 Å². The second-order valence-corrected chi connectivity index (χ2v) is 9.32. The molecular weight excluding hydrogens is 458 g/mol. The zero-order valence-corrected chi connectivity index (χ0v) is 20.5. The third kappa shape index (κ3) is 4.82. The first-order valence-corrected chi connectivity index (χ1v) is 12.2. The maximum absolute atomic E-state index is 12.6. The predicted octanol–water partition coefficient (Wildman–Crippen LogP) is 2.70. The van der Waals surface area contributed by atoms with E-state index in [9.17, 15) is 9.59 Å². The van der Waals surface area contributed by atoms with Gasteiger partial charge in [0, 0.05) is 44.5 Å². The number of ether oxygens (including phenoxy) is 1. The summed E-state index contributed by atoms with van der Waals surface area (Å²) in [5, 5.41) is 10.3. The maximum Gasteiger partial charge on any atom is 0.314 e. The number of H-pyrrole nitrogens is 1. The van der Waals surface area contributed by atoms with E-state index in [2.05, 4.69) is 66.5 Å². The van der Waals surface area contributed by atoms with Crippen LogP contribution in [0.4, 0.5) is 5.82 Å². The number of hydrogen-bond donors (Lipinski definition) is 3. The van der Waals surface area contributed by atoms with Crippen molar-refractivity contribution >= 4 is 39.6 Å². The molecule has 10 heteroatoms. The molecule has 188 valence electrons. The number of methoxy groups -OCH3 is 1. The lowest BCUT2D eigenvalue weighted by molar-refractivity contribution is -0.136. The summed E-state index contributed by atoms with van der Waals surface area (Å²) < 4.78 is 7.06.